The van der Waals surface area contributed by atoms with E-state index < -0.39 is 28.5 Å². The van der Waals surface area contributed by atoms with Crippen LogP contribution in [-0.4, -0.2) is 43.8 Å². The van der Waals surface area contributed by atoms with E-state index in [1.54, 1.807) is 60.7 Å². The molecular formula is C35H38ClN3O4S. The van der Waals surface area contributed by atoms with Gasteiger partial charge in [0.2, 0.25) is 11.8 Å². The van der Waals surface area contributed by atoms with Crippen LogP contribution in [0.25, 0.3) is 0 Å². The predicted octanol–water partition coefficient (Wildman–Crippen LogP) is 6.40. The Morgan fingerprint density at radius 1 is 0.841 bits per heavy atom. The molecule has 4 aromatic rings. The number of hydrogen-bond donors (Lipinski definition) is 1. The van der Waals surface area contributed by atoms with Crippen molar-refractivity contribution in [2.75, 3.05) is 10.8 Å². The molecule has 0 fully saturated rings. The zero-order chi connectivity index (χ0) is 31.7. The van der Waals surface area contributed by atoms with Gasteiger partial charge >= 0.3 is 0 Å². The summed E-state index contributed by atoms with van der Waals surface area (Å²) in [6.45, 7) is 5.30. The summed E-state index contributed by atoms with van der Waals surface area (Å²) in [5.74, 6) is -0.837. The van der Waals surface area contributed by atoms with Crippen molar-refractivity contribution in [1.29, 1.82) is 0 Å². The van der Waals surface area contributed by atoms with Crippen LogP contribution < -0.4 is 9.62 Å². The van der Waals surface area contributed by atoms with Gasteiger partial charge in [-0.3, -0.25) is 13.9 Å². The quantitative estimate of drug-likeness (QED) is 0.185. The molecule has 0 heterocycles. The summed E-state index contributed by atoms with van der Waals surface area (Å²) >= 11 is 6.30. The van der Waals surface area contributed by atoms with Crippen molar-refractivity contribution in [3.8, 4) is 0 Å². The molecule has 0 saturated carbocycles. The van der Waals surface area contributed by atoms with E-state index in [2.05, 4.69) is 5.32 Å². The van der Waals surface area contributed by atoms with Gasteiger partial charge in [-0.25, -0.2) is 8.42 Å². The molecule has 4 aromatic carbocycles. The van der Waals surface area contributed by atoms with Crippen LogP contribution in [0.15, 0.2) is 114 Å². The van der Waals surface area contributed by atoms with E-state index in [4.69, 9.17) is 11.6 Å². The number of hydrogen-bond acceptors (Lipinski definition) is 4. The van der Waals surface area contributed by atoms with Gasteiger partial charge < -0.3 is 10.2 Å². The highest BCUT2D eigenvalue weighted by molar-refractivity contribution is 7.92. The normalized spacial score (nSPS) is 12.6. The van der Waals surface area contributed by atoms with E-state index in [9.17, 15) is 18.0 Å². The third-order valence-corrected chi connectivity index (χ3v) is 9.47. The molecule has 0 aliphatic carbocycles. The number of nitrogens with zero attached hydrogens (tertiary/aromatic N) is 2. The summed E-state index contributed by atoms with van der Waals surface area (Å²) in [6.07, 6.45) is 0.952. The monoisotopic (exact) mass is 631 g/mol. The predicted molar refractivity (Wildman–Crippen MR) is 176 cm³/mol. The first kappa shape index (κ1) is 32.8. The molecule has 230 valence electrons. The van der Waals surface area contributed by atoms with Gasteiger partial charge in [-0.1, -0.05) is 96.9 Å². The van der Waals surface area contributed by atoms with Gasteiger partial charge in [0.15, 0.2) is 0 Å². The molecular weight excluding hydrogens is 594 g/mol. The Hall–Kier alpha value is -4.14. The van der Waals surface area contributed by atoms with Crippen LogP contribution >= 0.6 is 11.6 Å². The fraction of sp³-hybridized carbons (Fsp3) is 0.257. The maximum Gasteiger partial charge on any atom is 0.264 e. The number of sulfonamides is 1. The second-order valence-corrected chi connectivity index (χ2v) is 13.1. The molecule has 0 saturated heterocycles. The van der Waals surface area contributed by atoms with Gasteiger partial charge in [-0.2, -0.15) is 0 Å². The number of carbonyl (C=O) groups excluding carboxylic acids is 2. The van der Waals surface area contributed by atoms with E-state index in [1.807, 2.05) is 57.2 Å². The van der Waals surface area contributed by atoms with Crippen LogP contribution in [-0.2, 0) is 32.6 Å². The number of aryl methyl sites for hydroxylation is 1. The van der Waals surface area contributed by atoms with E-state index in [0.717, 1.165) is 15.4 Å². The summed E-state index contributed by atoms with van der Waals surface area (Å²) in [4.78, 5) is 29.8. The molecule has 1 N–H and O–H groups in total. The van der Waals surface area contributed by atoms with Crippen LogP contribution in [0.4, 0.5) is 5.69 Å². The number of carbonyl (C=O) groups is 2. The third-order valence-electron chi connectivity index (χ3n) is 7.45. The molecule has 4 rings (SSSR count). The van der Waals surface area contributed by atoms with Gasteiger partial charge in [0, 0.05) is 24.0 Å². The van der Waals surface area contributed by atoms with Gasteiger partial charge in [-0.05, 0) is 67.8 Å². The molecule has 0 bridgehead atoms. The van der Waals surface area contributed by atoms with Gasteiger partial charge in [0.05, 0.1) is 10.6 Å². The topological polar surface area (TPSA) is 86.8 Å². The number of benzene rings is 4. The average Bonchev–Trinajstić information content (AvgIpc) is 3.02. The lowest BCUT2D eigenvalue weighted by Gasteiger charge is -2.34. The van der Waals surface area contributed by atoms with Crippen molar-refractivity contribution in [2.45, 2.75) is 57.1 Å². The highest BCUT2D eigenvalue weighted by atomic mass is 35.5. The van der Waals surface area contributed by atoms with Crippen LogP contribution in [0, 0.1) is 6.92 Å². The number of nitrogens with one attached hydrogen (secondary N) is 1. The second kappa shape index (κ2) is 15.0. The number of anilines is 1. The Morgan fingerprint density at radius 3 is 2.07 bits per heavy atom. The molecule has 0 unspecified atom stereocenters. The molecule has 2 atom stereocenters. The maximum atomic E-state index is 14.4. The molecule has 44 heavy (non-hydrogen) atoms. The lowest BCUT2D eigenvalue weighted by atomic mass is 10.0. The second-order valence-electron chi connectivity index (χ2n) is 10.8. The standard InChI is InChI=1S/C35H38ClN3O4S/c1-4-27(3)37-35(41)33(23-28-12-7-5-8-13-28)38(24-29-14-11-15-30(36)22-29)34(40)25-39(31-16-9-6-10-17-31)44(42,43)32-20-18-26(2)19-21-32/h5-22,27,33H,4,23-25H2,1-3H3,(H,37,41)/t27-,33+/m1/s1. The molecule has 2 amide bonds. The van der Waals surface area contributed by atoms with E-state index >= 15 is 0 Å². The fourth-order valence-corrected chi connectivity index (χ4v) is 6.41. The zero-order valence-electron chi connectivity index (χ0n) is 25.2. The maximum absolute atomic E-state index is 14.4. The minimum Gasteiger partial charge on any atom is -0.352 e. The summed E-state index contributed by atoms with van der Waals surface area (Å²) in [5, 5.41) is 3.53. The largest absolute Gasteiger partial charge is 0.352 e. The Kier molecular flexibility index (Phi) is 11.2. The summed E-state index contributed by atoms with van der Waals surface area (Å²) in [7, 11) is -4.14. The average molecular weight is 632 g/mol. The van der Waals surface area contributed by atoms with Crippen molar-refractivity contribution < 1.29 is 18.0 Å². The van der Waals surface area contributed by atoms with E-state index in [1.165, 1.54) is 17.0 Å². The Labute approximate surface area is 265 Å². The molecule has 0 spiro atoms. The van der Waals surface area contributed by atoms with Crippen molar-refractivity contribution in [1.82, 2.24) is 10.2 Å². The number of amides is 2. The Morgan fingerprint density at radius 2 is 1.45 bits per heavy atom. The number of para-hydroxylation sites is 1. The first-order valence-corrected chi connectivity index (χ1v) is 16.4. The first-order valence-electron chi connectivity index (χ1n) is 14.6. The van der Waals surface area contributed by atoms with Crippen molar-refractivity contribution in [2.24, 2.45) is 0 Å². The van der Waals surface area contributed by atoms with E-state index in [0.29, 0.717) is 22.7 Å². The molecule has 7 nitrogen and oxygen atoms in total. The lowest BCUT2D eigenvalue weighted by molar-refractivity contribution is -0.140. The van der Waals surface area contributed by atoms with Gasteiger partial charge in [-0.15, -0.1) is 0 Å². The molecule has 0 aliphatic rings. The van der Waals surface area contributed by atoms with Crippen molar-refractivity contribution in [3.05, 3.63) is 131 Å². The fourth-order valence-electron chi connectivity index (χ4n) is 4.79. The van der Waals surface area contributed by atoms with Gasteiger partial charge in [0.1, 0.15) is 12.6 Å². The van der Waals surface area contributed by atoms with Crippen LogP contribution in [0.3, 0.4) is 0 Å². The van der Waals surface area contributed by atoms with Crippen LogP contribution in [0.1, 0.15) is 37.0 Å². The van der Waals surface area contributed by atoms with Crippen molar-refractivity contribution in [3.63, 3.8) is 0 Å². The highest BCUT2D eigenvalue weighted by Gasteiger charge is 2.35. The summed E-state index contributed by atoms with van der Waals surface area (Å²) < 4.78 is 29.2. The summed E-state index contributed by atoms with van der Waals surface area (Å²) in [5.41, 5.74) is 2.84. The minimum atomic E-state index is -4.14. The first-order chi connectivity index (χ1) is 21.1. The van der Waals surface area contributed by atoms with E-state index in [-0.39, 0.29) is 29.8 Å². The number of halogens is 1. The smallest absolute Gasteiger partial charge is 0.264 e. The van der Waals surface area contributed by atoms with Gasteiger partial charge in [0.25, 0.3) is 10.0 Å². The summed E-state index contributed by atoms with van der Waals surface area (Å²) in [6, 6.07) is 30.6. The van der Waals surface area contributed by atoms with Crippen LogP contribution in [0.5, 0.6) is 0 Å². The molecule has 0 aromatic heterocycles. The van der Waals surface area contributed by atoms with Crippen LogP contribution in [0.2, 0.25) is 5.02 Å². The third kappa shape index (κ3) is 8.49. The number of rotatable bonds is 13. The highest BCUT2D eigenvalue weighted by Crippen LogP contribution is 2.25. The Balaban J connectivity index is 1.79. The molecule has 0 radical (unpaired) electrons. The Bertz CT molecular complexity index is 1650. The van der Waals surface area contributed by atoms with Crippen molar-refractivity contribution >= 4 is 39.1 Å². The zero-order valence-corrected chi connectivity index (χ0v) is 26.8. The SMILES string of the molecule is CC[C@@H](C)NC(=O)[C@H](Cc1ccccc1)N(Cc1cccc(Cl)c1)C(=O)CN(c1ccccc1)S(=O)(=O)c1ccc(C)cc1. The minimum absolute atomic E-state index is 0.0536. The molecule has 0 aliphatic heterocycles. The lowest BCUT2D eigenvalue weighted by Crippen LogP contribution is -2.54. The molecule has 9 heteroatoms.